The monoisotopic (exact) mass is 276 g/mol. The fourth-order valence-corrected chi connectivity index (χ4v) is 2.24. The molecule has 17 heavy (non-hydrogen) atoms. The summed E-state index contributed by atoms with van der Waals surface area (Å²) in [7, 11) is 1.60. The SMILES string of the molecule is CCC(CCl)(CCl)NCc1cccc(OC)n1. The van der Waals surface area contributed by atoms with Gasteiger partial charge in [-0.2, -0.15) is 0 Å². The number of rotatable bonds is 7. The van der Waals surface area contributed by atoms with Gasteiger partial charge in [-0.1, -0.05) is 13.0 Å². The molecule has 1 aromatic rings. The highest BCUT2D eigenvalue weighted by Crippen LogP contribution is 2.16. The lowest BCUT2D eigenvalue weighted by molar-refractivity contribution is 0.374. The molecule has 0 spiro atoms. The Balaban J connectivity index is 2.65. The number of pyridine rings is 1. The van der Waals surface area contributed by atoms with Crippen molar-refractivity contribution < 1.29 is 4.74 Å². The van der Waals surface area contributed by atoms with Gasteiger partial charge in [0.05, 0.1) is 12.8 Å². The van der Waals surface area contributed by atoms with E-state index in [-0.39, 0.29) is 5.54 Å². The normalized spacial score (nSPS) is 11.5. The first-order valence-electron chi connectivity index (χ1n) is 5.56. The van der Waals surface area contributed by atoms with E-state index in [1.165, 1.54) is 0 Å². The molecule has 0 aromatic carbocycles. The molecule has 0 aliphatic rings. The molecule has 0 amide bonds. The molecule has 3 nitrogen and oxygen atoms in total. The van der Waals surface area contributed by atoms with Crippen molar-refractivity contribution in [3.63, 3.8) is 0 Å². The standard InChI is InChI=1S/C12H18Cl2N2O/c1-3-12(8-13,9-14)15-7-10-5-4-6-11(16-10)17-2/h4-6,15H,3,7-9H2,1-2H3. The van der Waals surface area contributed by atoms with Crippen LogP contribution in [0.25, 0.3) is 0 Å². The lowest BCUT2D eigenvalue weighted by Crippen LogP contribution is -2.48. The van der Waals surface area contributed by atoms with Crippen LogP contribution in [0.4, 0.5) is 0 Å². The molecule has 0 saturated carbocycles. The number of aromatic nitrogens is 1. The van der Waals surface area contributed by atoms with Crippen molar-refractivity contribution in [1.82, 2.24) is 10.3 Å². The van der Waals surface area contributed by atoms with Gasteiger partial charge < -0.3 is 10.1 Å². The van der Waals surface area contributed by atoms with E-state index in [0.29, 0.717) is 24.2 Å². The number of nitrogens with zero attached hydrogens (tertiary/aromatic N) is 1. The number of alkyl halides is 2. The first-order chi connectivity index (χ1) is 8.19. The molecule has 0 bridgehead atoms. The molecule has 1 aromatic heterocycles. The lowest BCUT2D eigenvalue weighted by atomic mass is 10.0. The van der Waals surface area contributed by atoms with Crippen LogP contribution in [-0.2, 0) is 6.54 Å². The van der Waals surface area contributed by atoms with Gasteiger partial charge >= 0.3 is 0 Å². The average Bonchev–Trinajstić information content (AvgIpc) is 2.41. The van der Waals surface area contributed by atoms with Crippen molar-refractivity contribution >= 4 is 23.2 Å². The summed E-state index contributed by atoms with van der Waals surface area (Å²) in [6.45, 7) is 2.70. The van der Waals surface area contributed by atoms with Crippen LogP contribution in [-0.4, -0.2) is 29.4 Å². The van der Waals surface area contributed by atoms with E-state index in [1.54, 1.807) is 7.11 Å². The van der Waals surface area contributed by atoms with Gasteiger partial charge in [-0.3, -0.25) is 0 Å². The maximum absolute atomic E-state index is 5.96. The van der Waals surface area contributed by atoms with Gasteiger partial charge in [0.25, 0.3) is 0 Å². The fraction of sp³-hybridized carbons (Fsp3) is 0.583. The molecule has 1 N–H and O–H groups in total. The van der Waals surface area contributed by atoms with Crippen LogP contribution in [0.2, 0.25) is 0 Å². The predicted molar refractivity (Wildman–Crippen MR) is 72.1 cm³/mol. The summed E-state index contributed by atoms with van der Waals surface area (Å²) >= 11 is 11.9. The maximum Gasteiger partial charge on any atom is 0.213 e. The molecule has 0 aliphatic carbocycles. The number of nitrogens with one attached hydrogen (secondary N) is 1. The quantitative estimate of drug-likeness (QED) is 0.778. The second-order valence-electron chi connectivity index (χ2n) is 3.93. The van der Waals surface area contributed by atoms with Crippen molar-refractivity contribution in [3.8, 4) is 5.88 Å². The Morgan fingerprint density at radius 2 is 2.06 bits per heavy atom. The van der Waals surface area contributed by atoms with Crippen LogP contribution in [0.1, 0.15) is 19.0 Å². The molecule has 0 fully saturated rings. The van der Waals surface area contributed by atoms with E-state index in [4.69, 9.17) is 27.9 Å². The van der Waals surface area contributed by atoms with Crippen molar-refractivity contribution in [3.05, 3.63) is 23.9 Å². The smallest absolute Gasteiger partial charge is 0.213 e. The first kappa shape index (κ1) is 14.6. The van der Waals surface area contributed by atoms with Crippen LogP contribution >= 0.6 is 23.2 Å². The molecule has 0 atom stereocenters. The van der Waals surface area contributed by atoms with Crippen molar-refractivity contribution in [2.45, 2.75) is 25.4 Å². The molecule has 0 saturated heterocycles. The molecule has 0 aliphatic heterocycles. The zero-order valence-corrected chi connectivity index (χ0v) is 11.7. The molecule has 0 radical (unpaired) electrons. The Hall–Kier alpha value is -0.510. The Bertz CT molecular complexity index is 335. The maximum atomic E-state index is 5.96. The van der Waals surface area contributed by atoms with Crippen LogP contribution in [0.3, 0.4) is 0 Å². The van der Waals surface area contributed by atoms with Gasteiger partial charge in [-0.05, 0) is 12.5 Å². The summed E-state index contributed by atoms with van der Waals surface area (Å²) in [5.74, 6) is 1.58. The topological polar surface area (TPSA) is 34.1 Å². The number of halogens is 2. The molecule has 96 valence electrons. The minimum Gasteiger partial charge on any atom is -0.481 e. The first-order valence-corrected chi connectivity index (χ1v) is 6.63. The molecular formula is C12H18Cl2N2O. The largest absolute Gasteiger partial charge is 0.481 e. The molecule has 1 heterocycles. The molecule has 0 unspecified atom stereocenters. The van der Waals surface area contributed by atoms with Crippen molar-refractivity contribution in [2.24, 2.45) is 0 Å². The predicted octanol–water partition coefficient (Wildman–Crippen LogP) is 2.81. The highest BCUT2D eigenvalue weighted by atomic mass is 35.5. The van der Waals surface area contributed by atoms with Gasteiger partial charge in [0.2, 0.25) is 5.88 Å². The summed E-state index contributed by atoms with van der Waals surface area (Å²) in [4.78, 5) is 4.33. The van der Waals surface area contributed by atoms with E-state index in [9.17, 15) is 0 Å². The molecule has 1 rings (SSSR count). The minimum absolute atomic E-state index is 0.228. The summed E-state index contributed by atoms with van der Waals surface area (Å²) in [6, 6.07) is 5.68. The van der Waals surface area contributed by atoms with E-state index in [0.717, 1.165) is 12.1 Å². The van der Waals surface area contributed by atoms with Crippen LogP contribution in [0.15, 0.2) is 18.2 Å². The van der Waals surface area contributed by atoms with Crippen LogP contribution in [0, 0.1) is 0 Å². The van der Waals surface area contributed by atoms with E-state index < -0.39 is 0 Å². The zero-order valence-electron chi connectivity index (χ0n) is 10.2. The van der Waals surface area contributed by atoms with Gasteiger partial charge in [-0.15, -0.1) is 23.2 Å². The Labute approximate surface area is 112 Å². The van der Waals surface area contributed by atoms with Gasteiger partial charge in [0.15, 0.2) is 0 Å². The summed E-state index contributed by atoms with van der Waals surface area (Å²) in [5.41, 5.74) is 0.686. The van der Waals surface area contributed by atoms with Crippen molar-refractivity contribution in [1.29, 1.82) is 0 Å². The zero-order chi connectivity index (χ0) is 12.7. The second kappa shape index (κ2) is 7.04. The highest BCUT2D eigenvalue weighted by Gasteiger charge is 2.25. The summed E-state index contributed by atoms with van der Waals surface area (Å²) < 4.78 is 5.07. The number of hydrogen-bond acceptors (Lipinski definition) is 3. The second-order valence-corrected chi connectivity index (χ2v) is 4.46. The van der Waals surface area contributed by atoms with E-state index >= 15 is 0 Å². The highest BCUT2D eigenvalue weighted by molar-refractivity contribution is 6.22. The third kappa shape index (κ3) is 4.02. The van der Waals surface area contributed by atoms with Gasteiger partial charge in [-0.25, -0.2) is 4.98 Å². The Morgan fingerprint density at radius 3 is 2.59 bits per heavy atom. The summed E-state index contributed by atoms with van der Waals surface area (Å²) in [5, 5.41) is 3.37. The Kier molecular flexibility index (Phi) is 6.03. The average molecular weight is 277 g/mol. The van der Waals surface area contributed by atoms with Crippen molar-refractivity contribution in [2.75, 3.05) is 18.9 Å². The Morgan fingerprint density at radius 1 is 1.35 bits per heavy atom. The molecule has 5 heteroatoms. The van der Waals surface area contributed by atoms with Gasteiger partial charge in [0, 0.05) is 29.9 Å². The summed E-state index contributed by atoms with van der Waals surface area (Å²) in [6.07, 6.45) is 0.879. The third-order valence-corrected chi connectivity index (χ3v) is 3.85. The van der Waals surface area contributed by atoms with Crippen LogP contribution in [0.5, 0.6) is 5.88 Å². The third-order valence-electron chi connectivity index (χ3n) is 2.82. The van der Waals surface area contributed by atoms with Crippen LogP contribution < -0.4 is 10.1 Å². The number of hydrogen-bond donors (Lipinski definition) is 1. The van der Waals surface area contributed by atoms with Gasteiger partial charge in [0.1, 0.15) is 0 Å². The van der Waals surface area contributed by atoms with E-state index in [1.807, 2.05) is 18.2 Å². The molecular weight excluding hydrogens is 259 g/mol. The van der Waals surface area contributed by atoms with E-state index in [2.05, 4.69) is 17.2 Å². The fourth-order valence-electron chi connectivity index (χ4n) is 1.39. The lowest BCUT2D eigenvalue weighted by Gasteiger charge is -2.29. The number of methoxy groups -OCH3 is 1. The minimum atomic E-state index is -0.228. The number of ether oxygens (including phenoxy) is 1.